The Morgan fingerprint density at radius 2 is 1.81 bits per heavy atom. The van der Waals surface area contributed by atoms with E-state index in [2.05, 4.69) is 36.9 Å². The Bertz CT molecular complexity index is 1140. The predicted molar refractivity (Wildman–Crippen MR) is 123 cm³/mol. The highest BCUT2D eigenvalue weighted by molar-refractivity contribution is 9.11. The maximum Gasteiger partial charge on any atom is 0.307 e. The smallest absolute Gasteiger partial charge is 0.307 e. The molecular formula is C23H17Br2NO5. The molecule has 3 aromatic carbocycles. The first kappa shape index (κ1) is 21.4. The van der Waals surface area contributed by atoms with Crippen LogP contribution in [0.25, 0.3) is 0 Å². The molecule has 1 aliphatic rings. The third kappa shape index (κ3) is 4.91. The van der Waals surface area contributed by atoms with Gasteiger partial charge >= 0.3 is 5.97 Å². The van der Waals surface area contributed by atoms with Crippen LogP contribution in [-0.2, 0) is 16.0 Å². The average molecular weight is 547 g/mol. The summed E-state index contributed by atoms with van der Waals surface area (Å²) in [6, 6.07) is 17.9. The number of phenolic OH excluding ortho intramolecular Hbond substituents is 1. The van der Waals surface area contributed by atoms with Crippen LogP contribution < -0.4 is 4.74 Å². The Balaban J connectivity index is 1.60. The zero-order valence-electron chi connectivity index (χ0n) is 16.1. The van der Waals surface area contributed by atoms with Crippen molar-refractivity contribution in [1.29, 1.82) is 0 Å². The van der Waals surface area contributed by atoms with Gasteiger partial charge in [-0.1, -0.05) is 30.3 Å². The van der Waals surface area contributed by atoms with Gasteiger partial charge < -0.3 is 19.7 Å². The second kappa shape index (κ2) is 9.11. The molecule has 1 aliphatic heterocycles. The summed E-state index contributed by atoms with van der Waals surface area (Å²) in [5, 5.41) is 19.4. The Labute approximate surface area is 195 Å². The number of carboxylic acids is 1. The normalized spacial score (nSPS) is 15.3. The Hall–Kier alpha value is -2.84. The first-order chi connectivity index (χ1) is 14.9. The molecule has 31 heavy (non-hydrogen) atoms. The van der Waals surface area contributed by atoms with Crippen molar-refractivity contribution in [2.75, 3.05) is 6.61 Å². The average Bonchev–Trinajstić information content (AvgIpc) is 3.22. The maximum absolute atomic E-state index is 11.0. The van der Waals surface area contributed by atoms with Gasteiger partial charge in [0.15, 0.2) is 5.75 Å². The van der Waals surface area contributed by atoms with Crippen molar-refractivity contribution < 1.29 is 24.5 Å². The lowest BCUT2D eigenvalue weighted by Crippen LogP contribution is -2.02. The molecule has 4 rings (SSSR count). The summed E-state index contributed by atoms with van der Waals surface area (Å²) < 4.78 is 13.0. The van der Waals surface area contributed by atoms with E-state index in [1.54, 1.807) is 24.3 Å². The van der Waals surface area contributed by atoms with Gasteiger partial charge in [-0.05, 0) is 73.3 Å². The summed E-state index contributed by atoms with van der Waals surface area (Å²) in [5.74, 6) is 0.431. The van der Waals surface area contributed by atoms with Gasteiger partial charge in [-0.15, -0.1) is 0 Å². The van der Waals surface area contributed by atoms with E-state index in [0.29, 0.717) is 44.1 Å². The number of aliphatic imine (C=N–C) groups is 1. The number of aliphatic carboxylic acids is 1. The number of hydrogen-bond donors (Lipinski definition) is 2. The van der Waals surface area contributed by atoms with Gasteiger partial charge in [-0.2, -0.15) is 0 Å². The van der Waals surface area contributed by atoms with E-state index in [1.807, 2.05) is 30.3 Å². The quantitative estimate of drug-likeness (QED) is 0.404. The Morgan fingerprint density at radius 3 is 2.48 bits per heavy atom. The minimum Gasteiger partial charge on any atom is -0.507 e. The number of hydrogen-bond acceptors (Lipinski definition) is 5. The number of rotatable bonds is 6. The first-order valence-electron chi connectivity index (χ1n) is 9.37. The number of benzene rings is 3. The molecule has 0 fully saturated rings. The van der Waals surface area contributed by atoms with Gasteiger partial charge in [-0.3, -0.25) is 4.79 Å². The highest BCUT2D eigenvalue weighted by atomic mass is 79.9. The lowest BCUT2D eigenvalue weighted by atomic mass is 10.1. The number of halogens is 2. The van der Waals surface area contributed by atoms with Gasteiger partial charge in [-0.25, -0.2) is 4.99 Å². The molecule has 6 nitrogen and oxygen atoms in total. The molecule has 1 heterocycles. The monoisotopic (exact) mass is 545 g/mol. The van der Waals surface area contributed by atoms with Crippen LogP contribution in [0.5, 0.6) is 17.2 Å². The molecule has 0 amide bonds. The molecule has 8 heteroatoms. The molecule has 1 atom stereocenters. The number of carbonyl (C=O) groups is 1. The summed E-state index contributed by atoms with van der Waals surface area (Å²) in [6.07, 6.45) is -0.0966. The summed E-state index contributed by atoms with van der Waals surface area (Å²) in [6.45, 7) is 0.395. The summed E-state index contributed by atoms with van der Waals surface area (Å²) in [4.78, 5) is 15.6. The van der Waals surface area contributed by atoms with Crippen molar-refractivity contribution in [3.63, 3.8) is 0 Å². The third-order valence-corrected chi connectivity index (χ3v) is 5.85. The van der Waals surface area contributed by atoms with E-state index >= 15 is 0 Å². The molecule has 0 unspecified atom stereocenters. The van der Waals surface area contributed by atoms with Crippen molar-refractivity contribution in [2.24, 2.45) is 4.99 Å². The fraction of sp³-hybridized carbons (Fsp3) is 0.130. The standard InChI is InChI=1S/C23H17Br2NO5/c24-17-8-13(10-21(28)29)9-18(25)22(17)31-15-6-7-20(27)16(11-15)23-26-19(12-30-23)14-4-2-1-3-5-14/h1-9,11,19,27H,10,12H2,(H,28,29)/t19-/m0/s1. The largest absolute Gasteiger partial charge is 0.507 e. The molecule has 0 saturated carbocycles. The van der Waals surface area contributed by atoms with Crippen LogP contribution in [0.1, 0.15) is 22.7 Å². The fourth-order valence-corrected chi connectivity index (χ4v) is 4.66. The van der Waals surface area contributed by atoms with Gasteiger partial charge in [0.05, 0.1) is 20.9 Å². The molecule has 2 N–H and O–H groups in total. The summed E-state index contributed by atoms with van der Waals surface area (Å²) in [7, 11) is 0. The molecule has 0 saturated heterocycles. The summed E-state index contributed by atoms with van der Waals surface area (Å²) >= 11 is 6.87. The van der Waals surface area contributed by atoms with Crippen molar-refractivity contribution in [1.82, 2.24) is 0 Å². The lowest BCUT2D eigenvalue weighted by molar-refractivity contribution is -0.136. The zero-order chi connectivity index (χ0) is 22.0. The fourth-order valence-electron chi connectivity index (χ4n) is 3.22. The number of carboxylic acid groups (broad SMARTS) is 1. The second-order valence-electron chi connectivity index (χ2n) is 6.91. The number of nitrogens with zero attached hydrogens (tertiary/aromatic N) is 1. The van der Waals surface area contributed by atoms with Crippen LogP contribution in [0.4, 0.5) is 0 Å². The van der Waals surface area contributed by atoms with Crippen molar-refractivity contribution in [3.8, 4) is 17.2 Å². The maximum atomic E-state index is 11.0. The van der Waals surface area contributed by atoms with E-state index in [0.717, 1.165) is 5.56 Å². The van der Waals surface area contributed by atoms with Crippen LogP contribution in [0.15, 0.2) is 74.6 Å². The molecular weight excluding hydrogens is 530 g/mol. The van der Waals surface area contributed by atoms with E-state index in [9.17, 15) is 9.90 Å². The number of phenols is 1. The van der Waals surface area contributed by atoms with Crippen LogP contribution in [0.3, 0.4) is 0 Å². The first-order valence-corrected chi connectivity index (χ1v) is 11.0. The van der Waals surface area contributed by atoms with Crippen LogP contribution in [0, 0.1) is 0 Å². The second-order valence-corrected chi connectivity index (χ2v) is 8.62. The van der Waals surface area contributed by atoms with Crippen molar-refractivity contribution in [3.05, 3.63) is 86.3 Å². The van der Waals surface area contributed by atoms with Crippen LogP contribution in [-0.4, -0.2) is 28.7 Å². The van der Waals surface area contributed by atoms with Crippen LogP contribution in [0.2, 0.25) is 0 Å². The summed E-state index contributed by atoms with van der Waals surface area (Å²) in [5.41, 5.74) is 2.11. The number of ether oxygens (including phenoxy) is 2. The molecule has 0 radical (unpaired) electrons. The minimum atomic E-state index is -0.915. The van der Waals surface area contributed by atoms with Gasteiger partial charge in [0.2, 0.25) is 5.90 Å². The van der Waals surface area contributed by atoms with E-state index in [4.69, 9.17) is 14.6 Å². The molecule has 0 spiro atoms. The molecule has 3 aromatic rings. The number of aromatic hydroxyl groups is 1. The third-order valence-electron chi connectivity index (χ3n) is 4.67. The van der Waals surface area contributed by atoms with Gasteiger partial charge in [0.25, 0.3) is 0 Å². The predicted octanol–water partition coefficient (Wildman–Crippen LogP) is 5.85. The Morgan fingerprint density at radius 1 is 1.10 bits per heavy atom. The minimum absolute atomic E-state index is 0.0368. The molecule has 158 valence electrons. The Kier molecular flexibility index (Phi) is 6.29. The van der Waals surface area contributed by atoms with E-state index in [1.165, 1.54) is 6.07 Å². The van der Waals surface area contributed by atoms with Crippen LogP contribution >= 0.6 is 31.9 Å². The van der Waals surface area contributed by atoms with Gasteiger partial charge in [0, 0.05) is 0 Å². The van der Waals surface area contributed by atoms with E-state index < -0.39 is 5.97 Å². The zero-order valence-corrected chi connectivity index (χ0v) is 19.3. The molecule has 0 aromatic heterocycles. The molecule has 0 aliphatic carbocycles. The SMILES string of the molecule is O=C(O)Cc1cc(Br)c(Oc2ccc(O)c(C3=N[C@H](c4ccccc4)CO3)c2)c(Br)c1. The topological polar surface area (TPSA) is 88.4 Å². The highest BCUT2D eigenvalue weighted by Gasteiger charge is 2.24. The molecule has 0 bridgehead atoms. The van der Waals surface area contributed by atoms with E-state index in [-0.39, 0.29) is 18.2 Å². The van der Waals surface area contributed by atoms with Crippen molar-refractivity contribution in [2.45, 2.75) is 12.5 Å². The highest BCUT2D eigenvalue weighted by Crippen LogP contribution is 2.39. The lowest BCUT2D eigenvalue weighted by Gasteiger charge is -2.13. The van der Waals surface area contributed by atoms with Gasteiger partial charge in [0.1, 0.15) is 24.1 Å². The van der Waals surface area contributed by atoms with Crippen molar-refractivity contribution >= 4 is 43.7 Å².